The van der Waals surface area contributed by atoms with Crippen LogP contribution in [0.1, 0.15) is 36.8 Å². The molecular formula is C16H20O2. The second kappa shape index (κ2) is 4.07. The topological polar surface area (TPSA) is 18.5 Å². The molecule has 1 aromatic rings. The third-order valence-corrected chi connectivity index (χ3v) is 4.80. The van der Waals surface area contributed by atoms with Crippen LogP contribution >= 0.6 is 0 Å². The van der Waals surface area contributed by atoms with Gasteiger partial charge in [-0.1, -0.05) is 24.3 Å². The van der Waals surface area contributed by atoms with Crippen LogP contribution in [0.2, 0.25) is 0 Å². The van der Waals surface area contributed by atoms with E-state index >= 15 is 0 Å². The summed E-state index contributed by atoms with van der Waals surface area (Å²) in [5.41, 5.74) is 3.00. The Morgan fingerprint density at radius 2 is 1.89 bits per heavy atom. The molecule has 0 amide bonds. The van der Waals surface area contributed by atoms with Crippen LogP contribution in [0, 0.1) is 5.92 Å². The van der Waals surface area contributed by atoms with Crippen molar-refractivity contribution < 1.29 is 9.47 Å². The second-order valence-corrected chi connectivity index (χ2v) is 6.01. The van der Waals surface area contributed by atoms with E-state index in [0.717, 1.165) is 25.9 Å². The number of benzene rings is 1. The molecule has 0 saturated carbocycles. The lowest BCUT2D eigenvalue weighted by Gasteiger charge is -2.33. The highest BCUT2D eigenvalue weighted by Gasteiger charge is 2.49. The maximum absolute atomic E-state index is 6.33. The highest BCUT2D eigenvalue weighted by atomic mass is 16.7. The van der Waals surface area contributed by atoms with Gasteiger partial charge in [0.2, 0.25) is 0 Å². The summed E-state index contributed by atoms with van der Waals surface area (Å²) in [4.78, 5) is 0. The smallest absolute Gasteiger partial charge is 0.169 e. The molecule has 3 aliphatic rings. The Bertz CT molecular complexity index is 413. The van der Waals surface area contributed by atoms with Crippen LogP contribution in [0.5, 0.6) is 0 Å². The van der Waals surface area contributed by atoms with Gasteiger partial charge in [-0.15, -0.1) is 0 Å². The average Bonchev–Trinajstić information content (AvgIpc) is 2.73. The molecule has 2 heteroatoms. The summed E-state index contributed by atoms with van der Waals surface area (Å²) in [6.45, 7) is 0.881. The maximum Gasteiger partial charge on any atom is 0.169 e. The van der Waals surface area contributed by atoms with Crippen molar-refractivity contribution in [1.29, 1.82) is 0 Å². The van der Waals surface area contributed by atoms with E-state index in [9.17, 15) is 0 Å². The molecule has 2 heterocycles. The molecule has 2 aliphatic heterocycles. The second-order valence-electron chi connectivity index (χ2n) is 6.01. The Morgan fingerprint density at radius 3 is 2.67 bits per heavy atom. The highest BCUT2D eigenvalue weighted by Crippen LogP contribution is 2.46. The standard InChI is InChI=1S/C16H20O2/c1-2-6-13-10-15-14(9-12(13)5-1)11-16(18-15)7-3-4-8-17-16/h1-2,5-6,14-15H,3-4,7-11H2/t14-,15+,16+/m0/s1. The Balaban J connectivity index is 1.58. The molecule has 1 spiro atoms. The van der Waals surface area contributed by atoms with E-state index in [1.165, 1.54) is 30.4 Å². The molecule has 0 aromatic heterocycles. The molecular weight excluding hydrogens is 224 g/mol. The van der Waals surface area contributed by atoms with Crippen molar-refractivity contribution >= 4 is 0 Å². The van der Waals surface area contributed by atoms with Crippen LogP contribution in [-0.2, 0) is 22.3 Å². The van der Waals surface area contributed by atoms with Gasteiger partial charge in [-0.2, -0.15) is 0 Å². The Kier molecular flexibility index (Phi) is 2.49. The predicted octanol–water partition coefficient (Wildman–Crippen LogP) is 3.09. The van der Waals surface area contributed by atoms with Gasteiger partial charge >= 0.3 is 0 Å². The van der Waals surface area contributed by atoms with Gasteiger partial charge in [-0.3, -0.25) is 0 Å². The molecule has 0 radical (unpaired) electrons. The summed E-state index contributed by atoms with van der Waals surface area (Å²) < 4.78 is 12.3. The van der Waals surface area contributed by atoms with Crippen molar-refractivity contribution in [2.75, 3.05) is 6.61 Å². The van der Waals surface area contributed by atoms with Crippen LogP contribution in [0.3, 0.4) is 0 Å². The summed E-state index contributed by atoms with van der Waals surface area (Å²) >= 11 is 0. The lowest BCUT2D eigenvalue weighted by molar-refractivity contribution is -0.244. The third kappa shape index (κ3) is 1.70. The van der Waals surface area contributed by atoms with E-state index in [2.05, 4.69) is 24.3 Å². The lowest BCUT2D eigenvalue weighted by atomic mass is 9.80. The zero-order chi connectivity index (χ0) is 12.0. The van der Waals surface area contributed by atoms with Crippen molar-refractivity contribution in [1.82, 2.24) is 0 Å². The van der Waals surface area contributed by atoms with Gasteiger partial charge in [-0.25, -0.2) is 0 Å². The van der Waals surface area contributed by atoms with E-state index in [1.807, 2.05) is 0 Å². The van der Waals surface area contributed by atoms with Gasteiger partial charge in [0.15, 0.2) is 5.79 Å². The van der Waals surface area contributed by atoms with Gasteiger partial charge in [0, 0.05) is 12.8 Å². The number of hydrogen-bond acceptors (Lipinski definition) is 2. The minimum atomic E-state index is -0.227. The van der Waals surface area contributed by atoms with Crippen LogP contribution in [0.4, 0.5) is 0 Å². The predicted molar refractivity (Wildman–Crippen MR) is 69.4 cm³/mol. The first-order chi connectivity index (χ1) is 8.85. The quantitative estimate of drug-likeness (QED) is 0.698. The average molecular weight is 244 g/mol. The largest absolute Gasteiger partial charge is 0.350 e. The lowest BCUT2D eigenvalue weighted by Crippen LogP contribution is -2.36. The molecule has 0 bridgehead atoms. The first kappa shape index (κ1) is 11.0. The van der Waals surface area contributed by atoms with E-state index in [-0.39, 0.29) is 5.79 Å². The summed E-state index contributed by atoms with van der Waals surface area (Å²) in [7, 11) is 0. The fourth-order valence-corrected chi connectivity index (χ4v) is 3.90. The minimum absolute atomic E-state index is 0.227. The van der Waals surface area contributed by atoms with Gasteiger partial charge in [-0.05, 0) is 42.7 Å². The van der Waals surface area contributed by atoms with E-state index < -0.39 is 0 Å². The fraction of sp³-hybridized carbons (Fsp3) is 0.625. The van der Waals surface area contributed by atoms with E-state index in [0.29, 0.717) is 12.0 Å². The zero-order valence-corrected chi connectivity index (χ0v) is 10.7. The Labute approximate surface area is 108 Å². The van der Waals surface area contributed by atoms with Gasteiger partial charge < -0.3 is 9.47 Å². The third-order valence-electron chi connectivity index (χ3n) is 4.80. The maximum atomic E-state index is 6.33. The normalized spacial score (nSPS) is 38.4. The molecule has 2 fully saturated rings. The first-order valence-electron chi connectivity index (χ1n) is 7.23. The van der Waals surface area contributed by atoms with Crippen molar-refractivity contribution in [3.05, 3.63) is 35.4 Å². The minimum Gasteiger partial charge on any atom is -0.350 e. The SMILES string of the molecule is c1ccc2c(c1)C[C@H]1C[C@@]3(CCCCO3)O[C@@H]1C2. The summed E-state index contributed by atoms with van der Waals surface area (Å²) in [6.07, 6.45) is 7.28. The monoisotopic (exact) mass is 244 g/mol. The molecule has 1 aliphatic carbocycles. The molecule has 18 heavy (non-hydrogen) atoms. The Morgan fingerprint density at radius 1 is 1.06 bits per heavy atom. The van der Waals surface area contributed by atoms with Gasteiger partial charge in [0.1, 0.15) is 0 Å². The summed E-state index contributed by atoms with van der Waals surface area (Å²) in [5.74, 6) is 0.438. The van der Waals surface area contributed by atoms with E-state index in [4.69, 9.17) is 9.47 Å². The van der Waals surface area contributed by atoms with Crippen LogP contribution in [0.15, 0.2) is 24.3 Å². The number of hydrogen-bond donors (Lipinski definition) is 0. The molecule has 0 unspecified atom stereocenters. The highest BCUT2D eigenvalue weighted by molar-refractivity contribution is 5.31. The molecule has 1 aromatic carbocycles. The van der Waals surface area contributed by atoms with Crippen molar-refractivity contribution in [3.63, 3.8) is 0 Å². The van der Waals surface area contributed by atoms with Crippen molar-refractivity contribution in [2.24, 2.45) is 5.92 Å². The molecule has 4 rings (SSSR count). The number of ether oxygens (including phenoxy) is 2. The van der Waals surface area contributed by atoms with E-state index in [1.54, 1.807) is 0 Å². The van der Waals surface area contributed by atoms with Gasteiger partial charge in [0.25, 0.3) is 0 Å². The molecule has 3 atom stereocenters. The Hall–Kier alpha value is -0.860. The summed E-state index contributed by atoms with van der Waals surface area (Å²) in [6, 6.07) is 8.82. The number of rotatable bonds is 0. The first-order valence-corrected chi connectivity index (χ1v) is 7.23. The van der Waals surface area contributed by atoms with Crippen LogP contribution in [0.25, 0.3) is 0 Å². The molecule has 2 saturated heterocycles. The molecule has 96 valence electrons. The summed E-state index contributed by atoms with van der Waals surface area (Å²) in [5, 5.41) is 0. The van der Waals surface area contributed by atoms with Crippen molar-refractivity contribution in [3.8, 4) is 0 Å². The van der Waals surface area contributed by atoms with Crippen molar-refractivity contribution in [2.45, 2.75) is 50.4 Å². The zero-order valence-electron chi connectivity index (χ0n) is 10.7. The number of fused-ring (bicyclic) bond motifs is 2. The molecule has 0 N–H and O–H groups in total. The van der Waals surface area contributed by atoms with Crippen LogP contribution < -0.4 is 0 Å². The van der Waals surface area contributed by atoms with Crippen LogP contribution in [-0.4, -0.2) is 18.5 Å². The fourth-order valence-electron chi connectivity index (χ4n) is 3.90. The molecule has 2 nitrogen and oxygen atoms in total. The van der Waals surface area contributed by atoms with Gasteiger partial charge in [0.05, 0.1) is 12.7 Å².